The molecule has 2 saturated heterocycles. The van der Waals surface area contributed by atoms with Crippen LogP contribution in [-0.2, 0) is 14.3 Å². The van der Waals surface area contributed by atoms with Crippen LogP contribution in [0.1, 0.15) is 12.5 Å². The number of rotatable bonds is 6. The van der Waals surface area contributed by atoms with Gasteiger partial charge >= 0.3 is 12.1 Å². The van der Waals surface area contributed by atoms with Gasteiger partial charge in [0.25, 0.3) is 0 Å². The highest BCUT2D eigenvalue weighted by Gasteiger charge is 2.34. The third-order valence-electron chi connectivity index (χ3n) is 4.77. The number of ether oxygens (including phenoxy) is 2. The van der Waals surface area contributed by atoms with E-state index in [0.717, 1.165) is 31.9 Å². The lowest BCUT2D eigenvalue weighted by Gasteiger charge is -2.34. The summed E-state index contributed by atoms with van der Waals surface area (Å²) in [6.45, 7) is 6.93. The Morgan fingerprint density at radius 1 is 1.22 bits per heavy atom. The summed E-state index contributed by atoms with van der Waals surface area (Å²) in [7, 11) is 0. The molecule has 144 valence electrons. The third kappa shape index (κ3) is 4.96. The van der Waals surface area contributed by atoms with Crippen molar-refractivity contribution in [1.82, 2.24) is 9.80 Å². The highest BCUT2D eigenvalue weighted by atomic mass is 16.6. The molecule has 0 radical (unpaired) electrons. The van der Waals surface area contributed by atoms with Gasteiger partial charge in [-0.2, -0.15) is 5.26 Å². The molecular weight excluding hydrogens is 348 g/mol. The number of hydrogen-bond donors (Lipinski definition) is 0. The first-order chi connectivity index (χ1) is 13.1. The second-order valence-electron chi connectivity index (χ2n) is 6.66. The first-order valence-electron chi connectivity index (χ1n) is 9.17. The van der Waals surface area contributed by atoms with Crippen LogP contribution in [-0.4, -0.2) is 80.4 Å². The maximum atomic E-state index is 12.2. The van der Waals surface area contributed by atoms with Crippen LogP contribution in [0.2, 0.25) is 0 Å². The molecule has 8 nitrogen and oxygen atoms in total. The molecule has 0 aliphatic carbocycles. The van der Waals surface area contributed by atoms with Crippen molar-refractivity contribution in [1.29, 1.82) is 5.26 Å². The molecule has 0 spiro atoms. The average Bonchev–Trinajstić information content (AvgIpc) is 3.04. The quantitative estimate of drug-likeness (QED) is 0.690. The lowest BCUT2D eigenvalue weighted by molar-refractivity contribution is -0.144. The molecule has 27 heavy (non-hydrogen) atoms. The van der Waals surface area contributed by atoms with E-state index in [0.29, 0.717) is 31.8 Å². The van der Waals surface area contributed by atoms with Crippen molar-refractivity contribution in [3.05, 3.63) is 29.8 Å². The zero-order valence-electron chi connectivity index (χ0n) is 15.5. The Kier molecular flexibility index (Phi) is 6.27. The second-order valence-corrected chi connectivity index (χ2v) is 6.66. The van der Waals surface area contributed by atoms with E-state index in [1.54, 1.807) is 36.1 Å². The van der Waals surface area contributed by atoms with Crippen LogP contribution in [0.3, 0.4) is 0 Å². The summed E-state index contributed by atoms with van der Waals surface area (Å²) in [5.74, 6) is -0.186. The van der Waals surface area contributed by atoms with Gasteiger partial charge in [0.1, 0.15) is 6.10 Å². The van der Waals surface area contributed by atoms with Crippen molar-refractivity contribution in [2.75, 3.05) is 57.3 Å². The number of carbonyl (C=O) groups excluding carboxylic acids is 2. The minimum atomic E-state index is -0.356. The van der Waals surface area contributed by atoms with E-state index in [1.165, 1.54) is 0 Å². The lowest BCUT2D eigenvalue weighted by Crippen LogP contribution is -2.50. The third-order valence-corrected chi connectivity index (χ3v) is 4.77. The van der Waals surface area contributed by atoms with Gasteiger partial charge < -0.3 is 9.47 Å². The van der Waals surface area contributed by atoms with E-state index in [9.17, 15) is 9.59 Å². The van der Waals surface area contributed by atoms with Gasteiger partial charge in [-0.3, -0.25) is 19.5 Å². The molecular formula is C19H24N4O4. The van der Waals surface area contributed by atoms with E-state index in [2.05, 4.69) is 15.9 Å². The molecule has 0 N–H and O–H groups in total. The summed E-state index contributed by atoms with van der Waals surface area (Å²) >= 11 is 0. The summed E-state index contributed by atoms with van der Waals surface area (Å²) < 4.78 is 10.5. The second kappa shape index (κ2) is 8.84. The molecule has 1 aromatic carbocycles. The highest BCUT2D eigenvalue weighted by Crippen LogP contribution is 2.22. The number of anilines is 1. The van der Waals surface area contributed by atoms with E-state index < -0.39 is 0 Å². The summed E-state index contributed by atoms with van der Waals surface area (Å²) in [4.78, 5) is 29.7. The van der Waals surface area contributed by atoms with E-state index in [4.69, 9.17) is 14.7 Å². The Bertz CT molecular complexity index is 707. The fourth-order valence-electron chi connectivity index (χ4n) is 3.35. The van der Waals surface area contributed by atoms with Gasteiger partial charge in [0.05, 0.1) is 31.3 Å². The molecule has 2 heterocycles. The molecule has 1 amide bonds. The minimum Gasteiger partial charge on any atom is -0.465 e. The molecule has 1 aromatic rings. The molecule has 1 unspecified atom stereocenters. The predicted molar refractivity (Wildman–Crippen MR) is 98.3 cm³/mol. The molecule has 2 aliphatic heterocycles. The van der Waals surface area contributed by atoms with Crippen LogP contribution in [0.4, 0.5) is 10.5 Å². The van der Waals surface area contributed by atoms with E-state index in [-0.39, 0.29) is 18.2 Å². The summed E-state index contributed by atoms with van der Waals surface area (Å²) in [5, 5.41) is 8.87. The predicted octanol–water partition coefficient (Wildman–Crippen LogP) is 1.06. The Hall–Kier alpha value is -2.63. The van der Waals surface area contributed by atoms with Crippen LogP contribution in [0.15, 0.2) is 24.3 Å². The molecule has 1 atom stereocenters. The zero-order chi connectivity index (χ0) is 19.2. The normalized spacial score (nSPS) is 21.0. The Morgan fingerprint density at radius 2 is 1.89 bits per heavy atom. The van der Waals surface area contributed by atoms with Gasteiger partial charge in [-0.1, -0.05) is 0 Å². The first-order valence-corrected chi connectivity index (χ1v) is 9.17. The van der Waals surface area contributed by atoms with Gasteiger partial charge in [-0.05, 0) is 31.2 Å². The molecule has 0 bridgehead atoms. The van der Waals surface area contributed by atoms with Crippen LogP contribution in [0.5, 0.6) is 0 Å². The van der Waals surface area contributed by atoms with Gasteiger partial charge in [-0.15, -0.1) is 0 Å². The average molecular weight is 372 g/mol. The van der Waals surface area contributed by atoms with Crippen molar-refractivity contribution in [2.45, 2.75) is 13.0 Å². The first kappa shape index (κ1) is 19.1. The van der Waals surface area contributed by atoms with Crippen molar-refractivity contribution >= 4 is 17.7 Å². The number of hydrogen-bond acceptors (Lipinski definition) is 7. The van der Waals surface area contributed by atoms with Crippen LogP contribution in [0.25, 0.3) is 0 Å². The van der Waals surface area contributed by atoms with E-state index in [1.807, 2.05) is 0 Å². The van der Waals surface area contributed by atoms with Crippen molar-refractivity contribution in [3.63, 3.8) is 0 Å². The largest absolute Gasteiger partial charge is 0.465 e. The highest BCUT2D eigenvalue weighted by molar-refractivity contribution is 5.89. The number of nitrogens with zero attached hydrogens (tertiary/aromatic N) is 4. The number of piperazine rings is 1. The maximum Gasteiger partial charge on any atom is 0.414 e. The number of carbonyl (C=O) groups is 2. The zero-order valence-corrected chi connectivity index (χ0v) is 15.5. The van der Waals surface area contributed by atoms with Gasteiger partial charge in [-0.25, -0.2) is 4.79 Å². The number of nitriles is 1. The van der Waals surface area contributed by atoms with Gasteiger partial charge in [0, 0.05) is 38.4 Å². The fraction of sp³-hybridized carbons (Fsp3) is 0.526. The Balaban J connectivity index is 1.46. The van der Waals surface area contributed by atoms with Crippen LogP contribution < -0.4 is 4.90 Å². The number of esters is 1. The fourth-order valence-corrected chi connectivity index (χ4v) is 3.35. The van der Waals surface area contributed by atoms with Gasteiger partial charge in [0.2, 0.25) is 0 Å². The number of amides is 1. The van der Waals surface area contributed by atoms with Crippen molar-refractivity contribution in [3.8, 4) is 6.07 Å². The Labute approximate surface area is 158 Å². The van der Waals surface area contributed by atoms with Crippen molar-refractivity contribution in [2.24, 2.45) is 0 Å². The summed E-state index contributed by atoms with van der Waals surface area (Å²) in [5.41, 5.74) is 1.30. The molecule has 2 fully saturated rings. The Morgan fingerprint density at radius 3 is 2.52 bits per heavy atom. The molecule has 2 aliphatic rings. The minimum absolute atomic E-state index is 0.186. The summed E-state index contributed by atoms with van der Waals surface area (Å²) in [6.07, 6.45) is -0.546. The van der Waals surface area contributed by atoms with Crippen molar-refractivity contribution < 1.29 is 19.1 Å². The molecule has 3 rings (SSSR count). The lowest BCUT2D eigenvalue weighted by atomic mass is 10.2. The van der Waals surface area contributed by atoms with E-state index >= 15 is 0 Å². The standard InChI is InChI=1S/C19H24N4O4/c1-2-26-18(24)14-22-9-7-21(8-10-22)12-17-13-23(19(25)27-17)16-5-3-15(11-20)4-6-16/h3-6,17H,2,7-10,12-14H2,1H3. The maximum absolute atomic E-state index is 12.2. The topological polar surface area (TPSA) is 86.1 Å². The molecule has 0 saturated carbocycles. The smallest absolute Gasteiger partial charge is 0.414 e. The number of benzene rings is 1. The van der Waals surface area contributed by atoms with Gasteiger partial charge in [0.15, 0.2) is 0 Å². The monoisotopic (exact) mass is 372 g/mol. The molecule has 8 heteroatoms. The van der Waals surface area contributed by atoms with Crippen LogP contribution in [0, 0.1) is 11.3 Å². The summed E-state index contributed by atoms with van der Waals surface area (Å²) in [6, 6.07) is 8.97. The SMILES string of the molecule is CCOC(=O)CN1CCN(CC2CN(c3ccc(C#N)cc3)C(=O)O2)CC1. The molecule has 0 aromatic heterocycles. The van der Waals surface area contributed by atoms with Crippen LogP contribution >= 0.6 is 0 Å². The number of cyclic esters (lactones) is 1.